The number of hydrogen-bond donors (Lipinski definition) is 3. The number of rotatable bonds is 1. The zero-order valence-electron chi connectivity index (χ0n) is 18.0. The second-order valence-electron chi connectivity index (χ2n) is 9.21. The molecule has 0 radical (unpaired) electrons. The zero-order valence-corrected chi connectivity index (χ0v) is 18.8. The zero-order chi connectivity index (χ0) is 24.6. The quantitative estimate of drug-likeness (QED) is 0.300. The largest absolute Gasteiger partial charge is 0.386 e. The lowest BCUT2D eigenvalue weighted by atomic mass is 9.96. The highest BCUT2D eigenvalue weighted by molar-refractivity contribution is 7.26. The lowest BCUT2D eigenvalue weighted by Gasteiger charge is -2.51. The molecule has 3 aromatic carbocycles. The highest BCUT2D eigenvalue weighted by Crippen LogP contribution is 2.50. The van der Waals surface area contributed by atoms with Gasteiger partial charge < -0.3 is 24.3 Å². The van der Waals surface area contributed by atoms with Gasteiger partial charge in [0, 0.05) is 26.2 Å². The predicted octanol–water partition coefficient (Wildman–Crippen LogP) is 3.30. The van der Waals surface area contributed by atoms with Crippen molar-refractivity contribution in [3.63, 3.8) is 0 Å². The van der Waals surface area contributed by atoms with E-state index in [9.17, 15) is 28.6 Å². The molecule has 0 spiro atoms. The molecule has 5 atom stereocenters. The van der Waals surface area contributed by atoms with Gasteiger partial charge in [-0.05, 0) is 36.4 Å². The van der Waals surface area contributed by atoms with E-state index in [4.69, 9.17) is 9.47 Å². The fourth-order valence-corrected chi connectivity index (χ4v) is 7.05. The van der Waals surface area contributed by atoms with E-state index in [2.05, 4.69) is 5.32 Å². The molecular formula is C25H14F2N2O6S. The molecule has 0 aliphatic carbocycles. The maximum atomic E-state index is 14.5. The summed E-state index contributed by atoms with van der Waals surface area (Å²) in [6.45, 7) is 0. The number of fused-ring (bicyclic) bond motifs is 12. The average molecular weight is 508 g/mol. The van der Waals surface area contributed by atoms with Crippen molar-refractivity contribution in [1.82, 2.24) is 9.88 Å². The Labute approximate surface area is 203 Å². The fourth-order valence-electron chi connectivity index (χ4n) is 5.81. The topological polar surface area (TPSA) is 110 Å². The molecule has 2 aromatic heterocycles. The van der Waals surface area contributed by atoms with E-state index in [-0.39, 0.29) is 11.1 Å². The van der Waals surface area contributed by atoms with Crippen LogP contribution in [0, 0.1) is 11.6 Å². The van der Waals surface area contributed by atoms with Crippen molar-refractivity contribution >= 4 is 65.1 Å². The average Bonchev–Trinajstić information content (AvgIpc) is 3.47. The van der Waals surface area contributed by atoms with Crippen LogP contribution in [0.4, 0.5) is 8.78 Å². The van der Waals surface area contributed by atoms with Gasteiger partial charge >= 0.3 is 0 Å². The van der Waals surface area contributed by atoms with Gasteiger partial charge in [-0.25, -0.2) is 8.78 Å². The summed E-state index contributed by atoms with van der Waals surface area (Å²) in [4.78, 5) is 26.1. The van der Waals surface area contributed by atoms with Gasteiger partial charge in [-0.15, -0.1) is 11.3 Å². The van der Waals surface area contributed by atoms with E-state index < -0.39 is 54.3 Å². The van der Waals surface area contributed by atoms with Gasteiger partial charge in [0.2, 0.25) is 0 Å². The Hall–Kier alpha value is -3.48. The summed E-state index contributed by atoms with van der Waals surface area (Å²) < 4.78 is 43.0. The maximum Gasteiger partial charge on any atom is 0.259 e. The summed E-state index contributed by atoms with van der Waals surface area (Å²) in [5.41, 5.74) is 1.06. The number of aromatic nitrogens is 1. The Balaban J connectivity index is 1.62. The minimum atomic E-state index is -1.28. The third kappa shape index (κ3) is 2.34. The van der Waals surface area contributed by atoms with E-state index in [1.807, 2.05) is 0 Å². The van der Waals surface area contributed by atoms with Gasteiger partial charge in [-0.2, -0.15) is 0 Å². The van der Waals surface area contributed by atoms with Crippen LogP contribution in [0.1, 0.15) is 26.9 Å². The summed E-state index contributed by atoms with van der Waals surface area (Å²) >= 11 is 1.29. The van der Waals surface area contributed by atoms with Crippen LogP contribution < -0.4 is 5.32 Å². The Kier molecular flexibility index (Phi) is 3.81. The summed E-state index contributed by atoms with van der Waals surface area (Å²) in [6, 6.07) is 8.25. The predicted molar refractivity (Wildman–Crippen MR) is 125 cm³/mol. The second-order valence-corrected chi connectivity index (χ2v) is 10.3. The molecule has 0 saturated carbocycles. The molecule has 36 heavy (non-hydrogen) atoms. The number of nitrogens with zero attached hydrogens (tertiary/aromatic N) is 1. The second kappa shape index (κ2) is 6.64. The van der Waals surface area contributed by atoms with Gasteiger partial charge in [0.25, 0.3) is 11.8 Å². The molecule has 6 heterocycles. The minimum Gasteiger partial charge on any atom is -0.386 e. The lowest BCUT2D eigenvalue weighted by Crippen LogP contribution is -2.67. The van der Waals surface area contributed by atoms with Gasteiger partial charge in [-0.3, -0.25) is 14.9 Å². The standard InChI is InChI=1S/C25H14F2N2O6S/c26-7-1-3-11-9(5-7)13-15-16(23(33)28-22(15)32)14-10-6-8(27)2-4-12(10)36-21(14)17(13)29(11)24-18(30)20-19(31)25(34-20)35-24/h1-6,18-20,24-25,30-31H,(H,28,32,33)/t18-,19+,20-,24+,25+/m1/s1. The normalized spacial score (nSPS) is 27.3. The number of thiophene rings is 1. The summed E-state index contributed by atoms with van der Waals surface area (Å²) in [7, 11) is 0. The first kappa shape index (κ1) is 20.7. The summed E-state index contributed by atoms with van der Waals surface area (Å²) in [6.07, 6.45) is -5.15. The molecule has 11 heteroatoms. The highest BCUT2D eigenvalue weighted by Gasteiger charge is 2.56. The van der Waals surface area contributed by atoms with Crippen LogP contribution in [0.2, 0.25) is 0 Å². The number of nitrogens with one attached hydrogen (secondary N) is 1. The summed E-state index contributed by atoms with van der Waals surface area (Å²) in [5, 5.41) is 25.1. The van der Waals surface area contributed by atoms with Crippen molar-refractivity contribution in [3.8, 4) is 0 Å². The van der Waals surface area contributed by atoms with Gasteiger partial charge in [0.05, 0.1) is 26.9 Å². The molecule has 0 unspecified atom stereocenters. The van der Waals surface area contributed by atoms with E-state index in [0.717, 1.165) is 0 Å². The van der Waals surface area contributed by atoms with Crippen molar-refractivity contribution in [2.75, 3.05) is 0 Å². The number of benzene rings is 3. The minimum absolute atomic E-state index is 0.0626. The molecule has 8 nitrogen and oxygen atoms in total. The van der Waals surface area contributed by atoms with Crippen molar-refractivity contribution in [1.29, 1.82) is 0 Å². The van der Waals surface area contributed by atoms with Crippen LogP contribution in [-0.2, 0) is 9.47 Å². The first-order valence-corrected chi connectivity index (χ1v) is 12.0. The third-order valence-corrected chi connectivity index (χ3v) is 8.50. The van der Waals surface area contributed by atoms with Gasteiger partial charge in [0.15, 0.2) is 12.5 Å². The third-order valence-electron chi connectivity index (χ3n) is 7.32. The molecule has 2 amide bonds. The van der Waals surface area contributed by atoms with Crippen molar-refractivity contribution in [3.05, 3.63) is 59.2 Å². The number of halogens is 2. The molecule has 3 saturated heterocycles. The Bertz CT molecular complexity index is 1860. The molecule has 9 rings (SSSR count). The smallest absolute Gasteiger partial charge is 0.259 e. The van der Waals surface area contributed by atoms with Crippen LogP contribution in [0.25, 0.3) is 42.0 Å². The van der Waals surface area contributed by atoms with E-state index in [1.165, 1.54) is 41.7 Å². The Morgan fingerprint density at radius 3 is 2.31 bits per heavy atom. The number of ether oxygens (including phenoxy) is 2. The fraction of sp³-hybridized carbons (Fsp3) is 0.200. The number of carbonyl (C=O) groups excluding carboxylic acids is 2. The SMILES string of the molecule is O=C1NC(=O)c2c1c1c3cc(F)ccc3sc1c1c2c2cc(F)ccc2n1[C@H]1O[C@@H]2O[C@@H]([C@@H]2O)[C@H]1O. The molecule has 3 fully saturated rings. The molecule has 2 bridgehead atoms. The number of carbonyl (C=O) groups is 2. The van der Waals surface area contributed by atoms with Crippen LogP contribution in [0.3, 0.4) is 0 Å². The molecule has 5 aromatic rings. The van der Waals surface area contributed by atoms with Crippen molar-refractivity contribution in [2.24, 2.45) is 0 Å². The van der Waals surface area contributed by atoms with Crippen LogP contribution in [0.15, 0.2) is 36.4 Å². The maximum absolute atomic E-state index is 14.5. The van der Waals surface area contributed by atoms with Gasteiger partial charge in [0.1, 0.15) is 29.9 Å². The molecule has 3 N–H and O–H groups in total. The Morgan fingerprint density at radius 2 is 1.58 bits per heavy atom. The molecule has 180 valence electrons. The van der Waals surface area contributed by atoms with Crippen molar-refractivity contribution in [2.45, 2.75) is 30.8 Å². The number of aliphatic hydroxyl groups excluding tert-OH is 2. The monoisotopic (exact) mass is 508 g/mol. The molecule has 4 aliphatic rings. The first-order chi connectivity index (χ1) is 17.3. The number of hydrogen-bond acceptors (Lipinski definition) is 7. The highest BCUT2D eigenvalue weighted by atomic mass is 32.1. The summed E-state index contributed by atoms with van der Waals surface area (Å²) in [5.74, 6) is -2.31. The van der Waals surface area contributed by atoms with Gasteiger partial charge in [-0.1, -0.05) is 0 Å². The Morgan fingerprint density at radius 1 is 0.889 bits per heavy atom. The van der Waals surface area contributed by atoms with Crippen LogP contribution in [-0.4, -0.2) is 51.2 Å². The van der Waals surface area contributed by atoms with E-state index >= 15 is 0 Å². The number of amides is 2. The van der Waals surface area contributed by atoms with Crippen LogP contribution >= 0.6 is 11.3 Å². The molecular weight excluding hydrogens is 494 g/mol. The number of aliphatic hydroxyl groups is 2. The first-order valence-electron chi connectivity index (χ1n) is 11.2. The molecule has 4 aliphatic heterocycles. The van der Waals surface area contributed by atoms with E-state index in [1.54, 1.807) is 10.6 Å². The lowest BCUT2D eigenvalue weighted by molar-refractivity contribution is -0.417. The van der Waals surface area contributed by atoms with Crippen LogP contribution in [0.5, 0.6) is 0 Å². The number of imide groups is 1. The van der Waals surface area contributed by atoms with E-state index in [0.29, 0.717) is 42.0 Å². The van der Waals surface area contributed by atoms with Crippen molar-refractivity contribution < 1.29 is 38.1 Å².